The molecular weight excluding hydrogens is 338 g/mol. The molecule has 2 amide bonds. The van der Waals surface area contributed by atoms with Crippen LogP contribution in [0.4, 0.5) is 0 Å². The van der Waals surface area contributed by atoms with Crippen LogP contribution in [-0.4, -0.2) is 78.6 Å². The van der Waals surface area contributed by atoms with Crippen molar-refractivity contribution < 1.29 is 24.6 Å². The van der Waals surface area contributed by atoms with E-state index < -0.39 is 12.0 Å². The predicted octanol–water partition coefficient (Wildman–Crippen LogP) is 0.0180. The van der Waals surface area contributed by atoms with Gasteiger partial charge < -0.3 is 25.3 Å². The minimum absolute atomic E-state index is 0.0671. The largest absolute Gasteiger partial charge is 0.483 e. The lowest BCUT2D eigenvalue weighted by Gasteiger charge is -2.32. The minimum Gasteiger partial charge on any atom is -0.483 e. The van der Waals surface area contributed by atoms with Crippen LogP contribution in [0.15, 0.2) is 24.3 Å². The van der Waals surface area contributed by atoms with Crippen LogP contribution in [0.5, 0.6) is 0 Å². The third kappa shape index (κ3) is 6.45. The lowest BCUT2D eigenvalue weighted by atomic mass is 9.94. The summed E-state index contributed by atoms with van der Waals surface area (Å²) in [6.45, 7) is 1.46. The minimum atomic E-state index is -0.590. The van der Waals surface area contributed by atoms with Crippen LogP contribution >= 0.6 is 0 Å². The first-order valence-corrected chi connectivity index (χ1v) is 8.33. The zero-order valence-corrected chi connectivity index (χ0v) is 15.4. The van der Waals surface area contributed by atoms with Crippen LogP contribution in [0.2, 0.25) is 0 Å². The van der Waals surface area contributed by atoms with Gasteiger partial charge in [0.05, 0.1) is 12.0 Å². The van der Waals surface area contributed by atoms with Gasteiger partial charge in [-0.3, -0.25) is 14.4 Å². The molecule has 0 spiro atoms. The Kier molecular flexibility index (Phi) is 8.74. The Morgan fingerprint density at radius 3 is 2.65 bits per heavy atom. The van der Waals surface area contributed by atoms with Crippen molar-refractivity contribution in [2.75, 3.05) is 34.2 Å². The lowest BCUT2D eigenvalue weighted by Crippen LogP contribution is -2.48. The standard InChI is InChI=1S/C17H25N3O3.CH2O2/c1-19(2)17(23)13-6-4-5-12(9-13)10-18-16(22)14-11-20(3)8-7-15(14)21;2-1-3/h4-6,9,14-15,21H,7-8,10-11H2,1-3H3,(H,18,22);1H,(H,2,3)/t14-,15-;/m1./s1. The number of nitrogens with one attached hydrogen (secondary N) is 1. The van der Waals surface area contributed by atoms with E-state index in [2.05, 4.69) is 5.32 Å². The zero-order valence-electron chi connectivity index (χ0n) is 15.4. The molecule has 1 aromatic rings. The van der Waals surface area contributed by atoms with Crippen molar-refractivity contribution >= 4 is 18.3 Å². The maximum Gasteiger partial charge on any atom is 0.290 e. The Labute approximate surface area is 153 Å². The maximum absolute atomic E-state index is 12.3. The summed E-state index contributed by atoms with van der Waals surface area (Å²) in [5, 5.41) is 19.7. The molecule has 2 rings (SSSR count). The number of carbonyl (C=O) groups excluding carboxylic acids is 2. The maximum atomic E-state index is 12.3. The number of hydrogen-bond acceptors (Lipinski definition) is 5. The Balaban J connectivity index is 0.00000105. The van der Waals surface area contributed by atoms with Gasteiger partial charge in [-0.25, -0.2) is 0 Å². The molecule has 1 saturated heterocycles. The molecule has 1 aliphatic heterocycles. The van der Waals surface area contributed by atoms with E-state index in [0.29, 0.717) is 25.1 Å². The number of aliphatic hydroxyl groups excluding tert-OH is 1. The number of nitrogens with zero attached hydrogens (tertiary/aromatic N) is 2. The van der Waals surface area contributed by atoms with Crippen LogP contribution < -0.4 is 5.32 Å². The number of likely N-dealkylation sites (tertiary alicyclic amines) is 1. The average Bonchev–Trinajstić information content (AvgIpc) is 2.62. The second kappa shape index (κ2) is 10.5. The fourth-order valence-electron chi connectivity index (χ4n) is 2.75. The number of amides is 2. The Bertz CT molecular complexity index is 621. The number of hydrogen-bond donors (Lipinski definition) is 3. The van der Waals surface area contributed by atoms with Gasteiger partial charge >= 0.3 is 0 Å². The molecule has 0 aliphatic carbocycles. The number of rotatable bonds is 4. The molecule has 0 bridgehead atoms. The molecule has 144 valence electrons. The molecule has 8 nitrogen and oxygen atoms in total. The summed E-state index contributed by atoms with van der Waals surface area (Å²) in [6.07, 6.45) is 0.0226. The van der Waals surface area contributed by atoms with E-state index in [1.165, 1.54) is 4.90 Å². The quantitative estimate of drug-likeness (QED) is 0.649. The predicted molar refractivity (Wildman–Crippen MR) is 96.6 cm³/mol. The third-order valence-corrected chi connectivity index (χ3v) is 4.16. The smallest absolute Gasteiger partial charge is 0.290 e. The van der Waals surface area contributed by atoms with E-state index in [-0.39, 0.29) is 18.3 Å². The number of benzene rings is 1. The van der Waals surface area contributed by atoms with Gasteiger partial charge in [-0.2, -0.15) is 0 Å². The molecule has 8 heteroatoms. The van der Waals surface area contributed by atoms with Gasteiger partial charge in [0.2, 0.25) is 5.91 Å². The second-order valence-electron chi connectivity index (χ2n) is 6.45. The topological polar surface area (TPSA) is 110 Å². The van der Waals surface area contributed by atoms with Crippen molar-refractivity contribution in [3.8, 4) is 0 Å². The van der Waals surface area contributed by atoms with Gasteiger partial charge in [0.15, 0.2) is 0 Å². The van der Waals surface area contributed by atoms with Gasteiger partial charge in [0.25, 0.3) is 12.4 Å². The molecule has 1 fully saturated rings. The van der Waals surface area contributed by atoms with Gasteiger partial charge in [-0.1, -0.05) is 12.1 Å². The Morgan fingerprint density at radius 1 is 1.38 bits per heavy atom. The molecule has 3 N–H and O–H groups in total. The normalized spacial score (nSPS) is 19.7. The summed E-state index contributed by atoms with van der Waals surface area (Å²) < 4.78 is 0. The van der Waals surface area contributed by atoms with Crippen molar-refractivity contribution in [1.82, 2.24) is 15.1 Å². The summed E-state index contributed by atoms with van der Waals surface area (Å²) in [4.78, 5) is 36.2. The molecule has 0 saturated carbocycles. The first-order chi connectivity index (χ1) is 12.3. The summed E-state index contributed by atoms with van der Waals surface area (Å²) in [7, 11) is 5.36. The van der Waals surface area contributed by atoms with E-state index in [4.69, 9.17) is 9.90 Å². The number of carbonyl (C=O) groups is 3. The first-order valence-electron chi connectivity index (χ1n) is 8.33. The van der Waals surface area contributed by atoms with E-state index >= 15 is 0 Å². The number of aliphatic hydroxyl groups is 1. The molecule has 0 radical (unpaired) electrons. The van der Waals surface area contributed by atoms with Gasteiger partial charge in [0, 0.05) is 39.3 Å². The number of piperidine rings is 1. The molecule has 2 atom stereocenters. The van der Waals surface area contributed by atoms with Crippen LogP contribution in [-0.2, 0) is 16.1 Å². The van der Waals surface area contributed by atoms with E-state index in [1.54, 1.807) is 26.2 Å². The van der Waals surface area contributed by atoms with Crippen molar-refractivity contribution in [3.63, 3.8) is 0 Å². The third-order valence-electron chi connectivity index (χ3n) is 4.16. The van der Waals surface area contributed by atoms with Gasteiger partial charge in [-0.05, 0) is 31.2 Å². The van der Waals surface area contributed by atoms with Crippen LogP contribution in [0, 0.1) is 5.92 Å². The van der Waals surface area contributed by atoms with Crippen LogP contribution in [0.1, 0.15) is 22.3 Å². The highest BCUT2D eigenvalue weighted by Gasteiger charge is 2.31. The summed E-state index contributed by atoms with van der Waals surface area (Å²) >= 11 is 0. The summed E-state index contributed by atoms with van der Waals surface area (Å²) in [5.41, 5.74) is 1.46. The van der Waals surface area contributed by atoms with Crippen LogP contribution in [0.25, 0.3) is 0 Å². The average molecular weight is 365 g/mol. The van der Waals surface area contributed by atoms with Crippen molar-refractivity contribution in [1.29, 1.82) is 0 Å². The molecule has 1 aromatic carbocycles. The van der Waals surface area contributed by atoms with Gasteiger partial charge in [-0.15, -0.1) is 0 Å². The molecular formula is C18H27N3O5. The molecule has 0 aromatic heterocycles. The summed E-state index contributed by atoms with van der Waals surface area (Å²) in [5.74, 6) is -0.615. The zero-order chi connectivity index (χ0) is 19.7. The van der Waals surface area contributed by atoms with Gasteiger partial charge in [0.1, 0.15) is 0 Å². The Hall–Kier alpha value is -2.45. The number of carboxylic acid groups (broad SMARTS) is 1. The fourth-order valence-corrected chi connectivity index (χ4v) is 2.75. The second-order valence-corrected chi connectivity index (χ2v) is 6.45. The highest BCUT2D eigenvalue weighted by atomic mass is 16.3. The molecule has 1 aliphatic rings. The molecule has 1 heterocycles. The first kappa shape index (κ1) is 21.6. The summed E-state index contributed by atoms with van der Waals surface area (Å²) in [6, 6.07) is 7.22. The van der Waals surface area contributed by atoms with E-state index in [0.717, 1.165) is 12.1 Å². The Morgan fingerprint density at radius 2 is 2.04 bits per heavy atom. The highest BCUT2D eigenvalue weighted by Crippen LogP contribution is 2.16. The highest BCUT2D eigenvalue weighted by molar-refractivity contribution is 5.94. The fraction of sp³-hybridized carbons (Fsp3) is 0.500. The van der Waals surface area contributed by atoms with E-state index in [1.807, 2.05) is 24.1 Å². The van der Waals surface area contributed by atoms with Crippen molar-refractivity contribution in [2.45, 2.75) is 19.1 Å². The molecule has 26 heavy (non-hydrogen) atoms. The van der Waals surface area contributed by atoms with Crippen molar-refractivity contribution in [3.05, 3.63) is 35.4 Å². The lowest BCUT2D eigenvalue weighted by molar-refractivity contribution is -0.131. The monoisotopic (exact) mass is 365 g/mol. The van der Waals surface area contributed by atoms with Crippen molar-refractivity contribution in [2.24, 2.45) is 5.92 Å². The SMILES string of the molecule is CN1CC[C@@H](O)[C@H](C(=O)NCc2cccc(C(=O)N(C)C)c2)C1.O=CO. The van der Waals surface area contributed by atoms with E-state index in [9.17, 15) is 14.7 Å². The molecule has 0 unspecified atom stereocenters. The van der Waals surface area contributed by atoms with Crippen LogP contribution in [0.3, 0.4) is 0 Å².